The van der Waals surface area contributed by atoms with E-state index in [1.807, 2.05) is 13.8 Å². The predicted octanol–water partition coefficient (Wildman–Crippen LogP) is 3.11. The highest BCUT2D eigenvalue weighted by atomic mass is 19.1. The normalized spacial score (nSPS) is 14.1. The molecule has 2 atom stereocenters. The van der Waals surface area contributed by atoms with Crippen molar-refractivity contribution in [2.75, 3.05) is 13.6 Å². The van der Waals surface area contributed by atoms with Crippen molar-refractivity contribution in [1.82, 2.24) is 4.90 Å². The first kappa shape index (κ1) is 17.6. The van der Waals surface area contributed by atoms with Crippen LogP contribution in [0.5, 0.6) is 0 Å². The third-order valence-corrected chi connectivity index (χ3v) is 3.73. The van der Waals surface area contributed by atoms with Gasteiger partial charge >= 0.3 is 0 Å². The number of carbonyl (C=O) groups is 1. The summed E-state index contributed by atoms with van der Waals surface area (Å²) < 4.78 is 27.1. The molecule has 0 saturated heterocycles. The van der Waals surface area contributed by atoms with Crippen molar-refractivity contribution < 1.29 is 13.6 Å². The molecular weight excluding hydrogens is 274 g/mol. The standard InChI is InChI=1S/C16H24F2N2O/c1-10(2)7-12(9-19)16(21)20(4)11(3)14-8-13(17)5-6-15(14)18/h5-6,8,10-12H,7,9,19H2,1-4H3. The molecule has 0 aliphatic carbocycles. The van der Waals surface area contributed by atoms with Crippen molar-refractivity contribution in [3.8, 4) is 0 Å². The van der Waals surface area contributed by atoms with Gasteiger partial charge in [-0.25, -0.2) is 8.78 Å². The zero-order chi connectivity index (χ0) is 16.2. The van der Waals surface area contributed by atoms with E-state index in [0.29, 0.717) is 12.3 Å². The molecule has 0 bridgehead atoms. The molecule has 1 aromatic rings. The Morgan fingerprint density at radius 2 is 1.90 bits per heavy atom. The van der Waals surface area contributed by atoms with Gasteiger partial charge in [-0.15, -0.1) is 0 Å². The third kappa shape index (κ3) is 4.49. The fraction of sp³-hybridized carbons (Fsp3) is 0.562. The van der Waals surface area contributed by atoms with Gasteiger partial charge in [0.1, 0.15) is 11.6 Å². The molecule has 2 N–H and O–H groups in total. The summed E-state index contributed by atoms with van der Waals surface area (Å²) >= 11 is 0. The molecule has 0 aliphatic rings. The van der Waals surface area contributed by atoms with Crippen LogP contribution in [0.25, 0.3) is 0 Å². The molecule has 1 aromatic carbocycles. The van der Waals surface area contributed by atoms with E-state index in [-0.39, 0.29) is 23.9 Å². The Bertz CT molecular complexity index is 491. The zero-order valence-electron chi connectivity index (χ0n) is 13.1. The lowest BCUT2D eigenvalue weighted by Gasteiger charge is -2.29. The molecule has 0 fully saturated rings. The minimum absolute atomic E-state index is 0.137. The summed E-state index contributed by atoms with van der Waals surface area (Å²) in [5, 5.41) is 0. The fourth-order valence-electron chi connectivity index (χ4n) is 2.39. The van der Waals surface area contributed by atoms with Crippen LogP contribution >= 0.6 is 0 Å². The molecule has 0 aliphatic heterocycles. The van der Waals surface area contributed by atoms with Gasteiger partial charge in [0.15, 0.2) is 0 Å². The van der Waals surface area contributed by atoms with E-state index >= 15 is 0 Å². The van der Waals surface area contributed by atoms with Crippen LogP contribution in [0, 0.1) is 23.5 Å². The minimum atomic E-state index is -0.547. The average Bonchev–Trinajstić information content (AvgIpc) is 2.44. The summed E-state index contributed by atoms with van der Waals surface area (Å²) in [7, 11) is 1.60. The number of hydrogen-bond donors (Lipinski definition) is 1. The molecule has 0 heterocycles. The van der Waals surface area contributed by atoms with Crippen molar-refractivity contribution >= 4 is 5.91 Å². The number of benzene rings is 1. The van der Waals surface area contributed by atoms with Gasteiger partial charge in [0.25, 0.3) is 0 Å². The van der Waals surface area contributed by atoms with Crippen molar-refractivity contribution in [3.05, 3.63) is 35.4 Å². The maximum atomic E-state index is 13.8. The summed E-state index contributed by atoms with van der Waals surface area (Å²) in [5.74, 6) is -1.12. The molecule has 118 valence electrons. The highest BCUT2D eigenvalue weighted by molar-refractivity contribution is 5.79. The van der Waals surface area contributed by atoms with Crippen LogP contribution in [0.1, 0.15) is 38.8 Å². The second-order valence-corrected chi connectivity index (χ2v) is 5.85. The third-order valence-electron chi connectivity index (χ3n) is 3.73. The second kappa shape index (κ2) is 7.50. The van der Waals surface area contributed by atoms with Crippen LogP contribution in [0.15, 0.2) is 18.2 Å². The molecule has 5 heteroatoms. The van der Waals surface area contributed by atoms with Gasteiger partial charge < -0.3 is 10.6 Å². The van der Waals surface area contributed by atoms with E-state index in [2.05, 4.69) is 0 Å². The quantitative estimate of drug-likeness (QED) is 0.877. The van der Waals surface area contributed by atoms with Gasteiger partial charge in [-0.05, 0) is 37.5 Å². The van der Waals surface area contributed by atoms with Gasteiger partial charge in [0.05, 0.1) is 12.0 Å². The molecule has 3 nitrogen and oxygen atoms in total. The monoisotopic (exact) mass is 298 g/mol. The van der Waals surface area contributed by atoms with E-state index in [4.69, 9.17) is 5.73 Å². The molecule has 0 spiro atoms. The van der Waals surface area contributed by atoms with Crippen molar-refractivity contribution in [2.24, 2.45) is 17.6 Å². The Kier molecular flexibility index (Phi) is 6.27. The van der Waals surface area contributed by atoms with Gasteiger partial charge in [-0.1, -0.05) is 13.8 Å². The number of amides is 1. The highest BCUT2D eigenvalue weighted by Gasteiger charge is 2.26. The van der Waals surface area contributed by atoms with E-state index in [9.17, 15) is 13.6 Å². The summed E-state index contributed by atoms with van der Waals surface area (Å²) in [6.45, 7) is 5.97. The number of carbonyl (C=O) groups excluding carboxylic acids is 1. The zero-order valence-corrected chi connectivity index (χ0v) is 13.1. The number of halogens is 2. The van der Waals surface area contributed by atoms with E-state index in [1.54, 1.807) is 14.0 Å². The van der Waals surface area contributed by atoms with Gasteiger partial charge in [0, 0.05) is 19.2 Å². The lowest BCUT2D eigenvalue weighted by molar-refractivity contribution is -0.136. The SMILES string of the molecule is CC(C)CC(CN)C(=O)N(C)C(C)c1cc(F)ccc1F. The molecule has 1 amide bonds. The molecule has 2 unspecified atom stereocenters. The van der Waals surface area contributed by atoms with Crippen LogP contribution in [0.4, 0.5) is 8.78 Å². The maximum Gasteiger partial charge on any atom is 0.227 e. The Labute approximate surface area is 125 Å². The molecule has 21 heavy (non-hydrogen) atoms. The minimum Gasteiger partial charge on any atom is -0.339 e. The Balaban J connectivity index is 2.92. The van der Waals surface area contributed by atoms with Crippen LogP contribution in [-0.4, -0.2) is 24.4 Å². The first-order valence-corrected chi connectivity index (χ1v) is 7.19. The smallest absolute Gasteiger partial charge is 0.227 e. The number of nitrogens with zero attached hydrogens (tertiary/aromatic N) is 1. The average molecular weight is 298 g/mol. The summed E-state index contributed by atoms with van der Waals surface area (Å²) in [6, 6.07) is 2.72. The highest BCUT2D eigenvalue weighted by Crippen LogP contribution is 2.25. The second-order valence-electron chi connectivity index (χ2n) is 5.85. The number of rotatable bonds is 6. The number of hydrogen-bond acceptors (Lipinski definition) is 2. The first-order chi connectivity index (χ1) is 9.77. The molecule has 1 rings (SSSR count). The van der Waals surface area contributed by atoms with Crippen LogP contribution < -0.4 is 5.73 Å². The lowest BCUT2D eigenvalue weighted by Crippen LogP contribution is -2.39. The lowest BCUT2D eigenvalue weighted by atomic mass is 9.95. The summed E-state index contributed by atoms with van der Waals surface area (Å²) in [4.78, 5) is 13.9. The van der Waals surface area contributed by atoms with Crippen LogP contribution in [0.3, 0.4) is 0 Å². The van der Waals surface area contributed by atoms with Gasteiger partial charge in [-0.3, -0.25) is 4.79 Å². The summed E-state index contributed by atoms with van der Waals surface area (Å²) in [5.41, 5.74) is 5.84. The molecular formula is C16H24F2N2O. The number of nitrogens with two attached hydrogens (primary N) is 1. The van der Waals surface area contributed by atoms with E-state index < -0.39 is 17.7 Å². The Hall–Kier alpha value is -1.49. The van der Waals surface area contributed by atoms with Crippen LogP contribution in [0.2, 0.25) is 0 Å². The Morgan fingerprint density at radius 1 is 1.29 bits per heavy atom. The van der Waals surface area contributed by atoms with Crippen molar-refractivity contribution in [2.45, 2.75) is 33.2 Å². The largest absolute Gasteiger partial charge is 0.339 e. The van der Waals surface area contributed by atoms with Crippen LogP contribution in [-0.2, 0) is 4.79 Å². The predicted molar refractivity (Wildman–Crippen MR) is 79.5 cm³/mol. The van der Waals surface area contributed by atoms with E-state index in [1.165, 1.54) is 4.90 Å². The fourth-order valence-corrected chi connectivity index (χ4v) is 2.39. The molecule has 0 aromatic heterocycles. The topological polar surface area (TPSA) is 46.3 Å². The molecule has 0 radical (unpaired) electrons. The van der Waals surface area contributed by atoms with Gasteiger partial charge in [0.2, 0.25) is 5.91 Å². The van der Waals surface area contributed by atoms with Crippen molar-refractivity contribution in [3.63, 3.8) is 0 Å². The molecule has 0 saturated carbocycles. The van der Waals surface area contributed by atoms with Gasteiger partial charge in [-0.2, -0.15) is 0 Å². The van der Waals surface area contributed by atoms with Crippen molar-refractivity contribution in [1.29, 1.82) is 0 Å². The summed E-state index contributed by atoms with van der Waals surface area (Å²) in [6.07, 6.45) is 0.679. The Morgan fingerprint density at radius 3 is 2.43 bits per heavy atom. The maximum absolute atomic E-state index is 13.8. The van der Waals surface area contributed by atoms with E-state index in [0.717, 1.165) is 18.2 Å². The first-order valence-electron chi connectivity index (χ1n) is 7.19.